The first-order valence-electron chi connectivity index (χ1n) is 5.18. The van der Waals surface area contributed by atoms with Crippen LogP contribution < -0.4 is 15.0 Å². The molecule has 1 aromatic heterocycles. The van der Waals surface area contributed by atoms with Crippen molar-refractivity contribution in [1.82, 2.24) is 9.97 Å². The molecule has 0 saturated heterocycles. The minimum atomic E-state index is -0.281. The summed E-state index contributed by atoms with van der Waals surface area (Å²) in [6.45, 7) is 1.70. The molecule has 0 atom stereocenters. The monoisotopic (exact) mass is 266 g/mol. The Morgan fingerprint density at radius 2 is 2.11 bits per heavy atom. The third kappa shape index (κ3) is 2.81. The van der Waals surface area contributed by atoms with Gasteiger partial charge in [0.1, 0.15) is 5.75 Å². The van der Waals surface area contributed by atoms with Gasteiger partial charge in [-0.25, -0.2) is 4.98 Å². The summed E-state index contributed by atoms with van der Waals surface area (Å²) in [4.78, 5) is 17.8. The van der Waals surface area contributed by atoms with Crippen molar-refractivity contribution in [3.63, 3.8) is 0 Å². The van der Waals surface area contributed by atoms with Gasteiger partial charge in [-0.3, -0.25) is 9.78 Å². The molecule has 2 aromatic rings. The molecule has 5 nitrogen and oxygen atoms in total. The Hall–Kier alpha value is -2.01. The molecular weight excluding hydrogens is 256 g/mol. The van der Waals surface area contributed by atoms with Crippen molar-refractivity contribution in [1.29, 1.82) is 0 Å². The maximum absolute atomic E-state index is 11.3. The van der Waals surface area contributed by atoms with Crippen LogP contribution in [0.2, 0.25) is 5.02 Å². The number of aryl methyl sites for hydroxylation is 1. The molecule has 2 rings (SSSR count). The first-order chi connectivity index (χ1) is 8.58. The summed E-state index contributed by atoms with van der Waals surface area (Å²) < 4.78 is 10.5. The maximum atomic E-state index is 11.3. The third-order valence-corrected chi connectivity index (χ3v) is 2.51. The van der Waals surface area contributed by atoms with Gasteiger partial charge in [-0.1, -0.05) is 11.6 Å². The topological polar surface area (TPSA) is 64.2 Å². The summed E-state index contributed by atoms with van der Waals surface area (Å²) in [7, 11) is 1.54. The Morgan fingerprint density at radius 1 is 1.33 bits per heavy atom. The smallest absolute Gasteiger partial charge is 0.302 e. The van der Waals surface area contributed by atoms with E-state index in [1.807, 2.05) is 0 Å². The van der Waals surface area contributed by atoms with E-state index in [1.165, 1.54) is 6.07 Å². The molecule has 18 heavy (non-hydrogen) atoms. The number of aromatic amines is 1. The second-order valence-corrected chi connectivity index (χ2v) is 4.00. The van der Waals surface area contributed by atoms with E-state index < -0.39 is 0 Å². The summed E-state index contributed by atoms with van der Waals surface area (Å²) in [5.74, 6) is 0.967. The summed E-state index contributed by atoms with van der Waals surface area (Å²) in [6, 6.07) is 6.44. The number of nitrogens with zero attached hydrogens (tertiary/aromatic N) is 1. The van der Waals surface area contributed by atoms with E-state index >= 15 is 0 Å². The van der Waals surface area contributed by atoms with E-state index in [2.05, 4.69) is 9.97 Å². The van der Waals surface area contributed by atoms with Crippen LogP contribution in [0.3, 0.4) is 0 Å². The second kappa shape index (κ2) is 5.10. The van der Waals surface area contributed by atoms with Gasteiger partial charge in [-0.2, -0.15) is 0 Å². The Bertz CT molecular complexity index is 625. The molecule has 1 aromatic carbocycles. The Labute approximate surface area is 108 Å². The number of ether oxygens (including phenoxy) is 2. The Balaban J connectivity index is 2.36. The molecule has 0 unspecified atom stereocenters. The zero-order valence-electron chi connectivity index (χ0n) is 9.86. The molecular formula is C12H11ClN2O3. The van der Waals surface area contributed by atoms with Gasteiger partial charge < -0.3 is 9.47 Å². The van der Waals surface area contributed by atoms with Crippen molar-refractivity contribution >= 4 is 11.6 Å². The van der Waals surface area contributed by atoms with Gasteiger partial charge in [0.15, 0.2) is 5.75 Å². The molecule has 1 heterocycles. The molecule has 94 valence electrons. The number of aromatic nitrogens is 2. The quantitative estimate of drug-likeness (QED) is 0.927. The second-order valence-electron chi connectivity index (χ2n) is 3.59. The van der Waals surface area contributed by atoms with Gasteiger partial charge in [0.05, 0.1) is 12.1 Å². The Morgan fingerprint density at radius 3 is 2.78 bits per heavy atom. The number of hydrogen-bond donors (Lipinski definition) is 1. The molecule has 6 heteroatoms. The first-order valence-corrected chi connectivity index (χ1v) is 5.55. The molecule has 0 spiro atoms. The van der Waals surface area contributed by atoms with Crippen LogP contribution in [0.4, 0.5) is 0 Å². The maximum Gasteiger partial charge on any atom is 0.302 e. The van der Waals surface area contributed by atoms with Crippen LogP contribution in [-0.2, 0) is 0 Å². The number of rotatable bonds is 3. The molecule has 1 N–H and O–H groups in total. The predicted octanol–water partition coefficient (Wildman–Crippen LogP) is 2.53. The van der Waals surface area contributed by atoms with Crippen LogP contribution in [0, 0.1) is 6.92 Å². The summed E-state index contributed by atoms with van der Waals surface area (Å²) in [6.07, 6.45) is 0. The van der Waals surface area contributed by atoms with E-state index in [9.17, 15) is 4.79 Å². The average molecular weight is 267 g/mol. The normalized spacial score (nSPS) is 10.2. The Kier molecular flexibility index (Phi) is 3.53. The lowest BCUT2D eigenvalue weighted by Gasteiger charge is -2.08. The molecule has 0 radical (unpaired) electrons. The minimum absolute atomic E-state index is 0.0927. The van der Waals surface area contributed by atoms with Crippen LogP contribution >= 0.6 is 11.6 Å². The van der Waals surface area contributed by atoms with Crippen LogP contribution in [0.25, 0.3) is 0 Å². The standard InChI is InChI=1S/C12H11ClN2O3/c1-7-5-11(16)15-12(14-7)18-10-6-8(17-2)3-4-9(10)13/h3-6H,1-2H3,(H,14,15,16). The fraction of sp³-hybridized carbons (Fsp3) is 0.167. The van der Waals surface area contributed by atoms with Crippen molar-refractivity contribution < 1.29 is 9.47 Å². The molecule has 0 aliphatic rings. The number of hydrogen-bond acceptors (Lipinski definition) is 4. The van der Waals surface area contributed by atoms with Gasteiger partial charge in [-0.15, -0.1) is 0 Å². The molecule has 0 aliphatic carbocycles. The third-order valence-electron chi connectivity index (χ3n) is 2.19. The highest BCUT2D eigenvalue weighted by Gasteiger charge is 2.07. The van der Waals surface area contributed by atoms with Crippen molar-refractivity contribution in [2.24, 2.45) is 0 Å². The largest absolute Gasteiger partial charge is 0.497 e. The highest BCUT2D eigenvalue weighted by molar-refractivity contribution is 6.32. The zero-order valence-corrected chi connectivity index (χ0v) is 10.6. The van der Waals surface area contributed by atoms with Crippen LogP contribution in [0.5, 0.6) is 17.5 Å². The number of halogens is 1. The first kappa shape index (κ1) is 12.4. The van der Waals surface area contributed by atoms with E-state index in [0.717, 1.165) is 0 Å². The summed E-state index contributed by atoms with van der Waals surface area (Å²) in [5, 5.41) is 0.403. The SMILES string of the molecule is COc1ccc(Cl)c(Oc2nc(C)cc(=O)[nH]2)c1. The molecule has 0 amide bonds. The van der Waals surface area contributed by atoms with Crippen LogP contribution in [-0.4, -0.2) is 17.1 Å². The number of H-pyrrole nitrogens is 1. The fourth-order valence-corrected chi connectivity index (χ4v) is 1.55. The van der Waals surface area contributed by atoms with E-state index in [1.54, 1.807) is 32.2 Å². The highest BCUT2D eigenvalue weighted by Crippen LogP contribution is 2.31. The van der Waals surface area contributed by atoms with E-state index in [4.69, 9.17) is 21.1 Å². The summed E-state index contributed by atoms with van der Waals surface area (Å²) in [5.41, 5.74) is 0.282. The fourth-order valence-electron chi connectivity index (χ4n) is 1.39. The molecule has 0 saturated carbocycles. The lowest BCUT2D eigenvalue weighted by molar-refractivity contribution is 0.403. The highest BCUT2D eigenvalue weighted by atomic mass is 35.5. The molecule has 0 fully saturated rings. The van der Waals surface area contributed by atoms with Gasteiger partial charge in [0.25, 0.3) is 5.56 Å². The zero-order chi connectivity index (χ0) is 13.1. The molecule has 0 aliphatic heterocycles. The number of benzene rings is 1. The van der Waals surface area contributed by atoms with Crippen molar-refractivity contribution in [2.75, 3.05) is 7.11 Å². The van der Waals surface area contributed by atoms with Gasteiger partial charge in [-0.05, 0) is 19.1 Å². The van der Waals surface area contributed by atoms with Crippen molar-refractivity contribution in [3.05, 3.63) is 45.3 Å². The van der Waals surface area contributed by atoms with Crippen molar-refractivity contribution in [3.8, 4) is 17.5 Å². The van der Waals surface area contributed by atoms with Gasteiger partial charge in [0, 0.05) is 17.8 Å². The lowest BCUT2D eigenvalue weighted by atomic mass is 10.3. The van der Waals surface area contributed by atoms with Gasteiger partial charge in [0.2, 0.25) is 0 Å². The predicted molar refractivity (Wildman–Crippen MR) is 67.7 cm³/mol. The van der Waals surface area contributed by atoms with E-state index in [-0.39, 0.29) is 11.6 Å². The van der Waals surface area contributed by atoms with Crippen LogP contribution in [0.15, 0.2) is 29.1 Å². The van der Waals surface area contributed by atoms with Gasteiger partial charge >= 0.3 is 6.01 Å². The van der Waals surface area contributed by atoms with E-state index in [0.29, 0.717) is 22.2 Å². The minimum Gasteiger partial charge on any atom is -0.497 e. The summed E-state index contributed by atoms with van der Waals surface area (Å²) >= 11 is 5.98. The lowest BCUT2D eigenvalue weighted by Crippen LogP contribution is -2.08. The van der Waals surface area contributed by atoms with Crippen molar-refractivity contribution in [2.45, 2.75) is 6.92 Å². The number of methoxy groups -OCH3 is 1. The molecule has 0 bridgehead atoms. The number of nitrogens with one attached hydrogen (secondary N) is 1. The average Bonchev–Trinajstić information content (AvgIpc) is 2.30. The van der Waals surface area contributed by atoms with Crippen LogP contribution in [0.1, 0.15) is 5.69 Å².